The van der Waals surface area contributed by atoms with E-state index in [1.807, 2.05) is 0 Å². The number of aryl methyl sites for hydroxylation is 2. The molecule has 2 unspecified atom stereocenters. The van der Waals surface area contributed by atoms with E-state index >= 15 is 0 Å². The number of benzene rings is 10. The number of unbranched alkanes of at least 4 members (excludes halogenated alkanes) is 9. The van der Waals surface area contributed by atoms with Gasteiger partial charge in [-0.1, -0.05) is 280 Å². The standard InChI is InChI=1S/C92H98N2/c1-10-13-16-25-52-91(9)83-33-24-23-30-75(83)76-48-41-69(58-84(76)91)67-37-43-71(44-38-67)93(87-50-35-62(4)55-65(87)7)89-60-81-74-29-20-22-32-80(74)90(61-82(81)73-28-19-21-31-79(73)89)94(88-51-36-63(5)56-66(88)8)72-45-39-68(40-46-72)70-42-49-78-77-47-34-64(6)57-85(77)92(86(78)59-70,53-26-17-14-11-2)54-27-18-15-12-3/h19-24,28-34,36-49,51,55-56,58-61,64H,10-18,25-27,35,50,52-54,57H2,1-9H3. The van der Waals surface area contributed by atoms with Gasteiger partial charge in [0.1, 0.15) is 0 Å². The average Bonchev–Trinajstić information content (AvgIpc) is 1.37. The summed E-state index contributed by atoms with van der Waals surface area (Å²) in [5.74, 6) is 0.571. The fourth-order valence-electron chi connectivity index (χ4n) is 17.5. The van der Waals surface area contributed by atoms with E-state index in [-0.39, 0.29) is 10.8 Å². The van der Waals surface area contributed by atoms with Crippen molar-refractivity contribution in [1.82, 2.24) is 0 Å². The Kier molecular flexibility index (Phi) is 17.9. The molecule has 4 aliphatic rings. The summed E-state index contributed by atoms with van der Waals surface area (Å²) < 4.78 is 0. The Morgan fingerprint density at radius 2 is 0.947 bits per heavy atom. The van der Waals surface area contributed by atoms with Crippen molar-refractivity contribution >= 4 is 66.3 Å². The second kappa shape index (κ2) is 26.7. The SMILES string of the molecule is CCCCCCC1(CCCCCC)C2=C(C=CC(C)C2)c2ccc(-c3ccc(N(c4ccc(C)cc4C)c4cc5c6ccccc6c(N(C6=C(C)C=C(C)CC6)c6ccc(-c7ccc8c(c7)C(C)(CCCCCC)c7ccccc7-8)cc6)cc5c5ccccc45)cc3)cc21. The maximum atomic E-state index is 2.64. The van der Waals surface area contributed by atoms with Crippen LogP contribution in [0.5, 0.6) is 0 Å². The predicted molar refractivity (Wildman–Crippen MR) is 408 cm³/mol. The van der Waals surface area contributed by atoms with E-state index in [1.165, 1.54) is 241 Å². The largest absolute Gasteiger partial charge is 0.313 e. The molecular weight excluding hydrogens is 1130 g/mol. The Morgan fingerprint density at radius 3 is 1.54 bits per heavy atom. The summed E-state index contributed by atoms with van der Waals surface area (Å²) in [5.41, 5.74) is 29.9. The molecule has 2 nitrogen and oxygen atoms in total. The summed E-state index contributed by atoms with van der Waals surface area (Å²) in [6, 6.07) is 73.7. The van der Waals surface area contributed by atoms with Crippen molar-refractivity contribution in [2.45, 2.75) is 189 Å². The lowest BCUT2D eigenvalue weighted by Crippen LogP contribution is -2.28. The fraction of sp³-hybridized carbons (Fsp3) is 0.326. The van der Waals surface area contributed by atoms with E-state index in [4.69, 9.17) is 0 Å². The number of nitrogens with zero attached hydrogens (tertiary/aromatic N) is 2. The van der Waals surface area contributed by atoms with Gasteiger partial charge in [0.05, 0.1) is 11.4 Å². The van der Waals surface area contributed by atoms with Crippen LogP contribution < -0.4 is 9.80 Å². The van der Waals surface area contributed by atoms with Gasteiger partial charge in [0.2, 0.25) is 0 Å². The molecule has 0 saturated carbocycles. The highest BCUT2D eigenvalue weighted by molar-refractivity contribution is 6.24. The van der Waals surface area contributed by atoms with Gasteiger partial charge in [0.15, 0.2) is 0 Å². The highest BCUT2D eigenvalue weighted by Crippen LogP contribution is 2.58. The molecule has 0 bridgehead atoms. The van der Waals surface area contributed by atoms with Crippen LogP contribution in [0.25, 0.3) is 71.3 Å². The highest BCUT2D eigenvalue weighted by Gasteiger charge is 2.45. The Balaban J connectivity index is 0.872. The molecule has 0 fully saturated rings. The molecular formula is C92H98N2. The van der Waals surface area contributed by atoms with E-state index in [2.05, 4.69) is 278 Å². The van der Waals surface area contributed by atoms with Gasteiger partial charge in [0, 0.05) is 44.4 Å². The summed E-state index contributed by atoms with van der Waals surface area (Å²) in [6.45, 7) is 21.1. The van der Waals surface area contributed by atoms with E-state index in [0.29, 0.717) is 5.92 Å². The highest BCUT2D eigenvalue weighted by atomic mass is 15.2. The lowest BCUT2D eigenvalue weighted by Gasteiger charge is -2.37. The first-order chi connectivity index (χ1) is 45.9. The van der Waals surface area contributed by atoms with Gasteiger partial charge in [-0.05, 0) is 221 Å². The molecule has 0 amide bonds. The van der Waals surface area contributed by atoms with Crippen LogP contribution in [0.3, 0.4) is 0 Å². The first kappa shape index (κ1) is 63.0. The normalized spacial score (nSPS) is 17.0. The molecule has 0 N–H and O–H groups in total. The topological polar surface area (TPSA) is 6.48 Å². The van der Waals surface area contributed by atoms with Crippen molar-refractivity contribution in [3.05, 3.63) is 262 Å². The summed E-state index contributed by atoms with van der Waals surface area (Å²) in [6.07, 6.45) is 29.7. The second-order valence-corrected chi connectivity index (χ2v) is 29.0. The summed E-state index contributed by atoms with van der Waals surface area (Å²) in [7, 11) is 0. The number of hydrogen-bond acceptors (Lipinski definition) is 2. The third-order valence-electron chi connectivity index (χ3n) is 22.5. The zero-order valence-electron chi connectivity index (χ0n) is 57.8. The van der Waals surface area contributed by atoms with Crippen LogP contribution in [0.2, 0.25) is 0 Å². The predicted octanol–water partition coefficient (Wildman–Crippen LogP) is 27.5. The molecule has 0 heterocycles. The Hall–Kier alpha value is -8.46. The van der Waals surface area contributed by atoms with Gasteiger partial charge in [-0.2, -0.15) is 0 Å². The third kappa shape index (κ3) is 11.5. The van der Waals surface area contributed by atoms with Crippen LogP contribution in [0.15, 0.2) is 229 Å². The zero-order chi connectivity index (χ0) is 64.7. The molecule has 4 aliphatic carbocycles. The quantitative estimate of drug-likeness (QED) is 0.0465. The number of rotatable bonds is 23. The second-order valence-electron chi connectivity index (χ2n) is 29.0. The monoisotopic (exact) mass is 1230 g/mol. The molecule has 0 aliphatic heterocycles. The van der Waals surface area contributed by atoms with E-state index < -0.39 is 0 Å². The van der Waals surface area contributed by atoms with Gasteiger partial charge in [-0.25, -0.2) is 0 Å². The molecule has 14 rings (SSSR count). The summed E-state index contributed by atoms with van der Waals surface area (Å²) in [5, 5.41) is 7.48. The maximum Gasteiger partial charge on any atom is 0.0546 e. The van der Waals surface area contributed by atoms with Crippen LogP contribution >= 0.6 is 0 Å². The lowest BCUT2D eigenvalue weighted by molar-refractivity contribution is 0.376. The van der Waals surface area contributed by atoms with Crippen molar-refractivity contribution in [1.29, 1.82) is 0 Å². The number of allylic oxidation sites excluding steroid dienone is 8. The third-order valence-corrected chi connectivity index (χ3v) is 22.5. The van der Waals surface area contributed by atoms with Gasteiger partial charge in [0.25, 0.3) is 0 Å². The Bertz CT molecular complexity index is 4600. The molecule has 2 atom stereocenters. The molecule has 0 spiro atoms. The van der Waals surface area contributed by atoms with E-state index in [0.717, 1.165) is 18.5 Å². The van der Waals surface area contributed by atoms with Crippen LogP contribution in [0, 0.1) is 19.8 Å². The minimum absolute atomic E-state index is 0.0116. The summed E-state index contributed by atoms with van der Waals surface area (Å²) in [4.78, 5) is 5.18. The molecule has 2 heteroatoms. The minimum Gasteiger partial charge on any atom is -0.313 e. The van der Waals surface area contributed by atoms with Gasteiger partial charge >= 0.3 is 0 Å². The first-order valence-electron chi connectivity index (χ1n) is 36.3. The molecule has 10 aromatic rings. The molecule has 0 aromatic heterocycles. The lowest BCUT2D eigenvalue weighted by atomic mass is 9.67. The molecule has 0 saturated heterocycles. The Labute approximate surface area is 562 Å². The van der Waals surface area contributed by atoms with E-state index in [9.17, 15) is 0 Å². The number of fused-ring (bicyclic) bond motifs is 10. The van der Waals surface area contributed by atoms with Gasteiger partial charge < -0.3 is 9.80 Å². The van der Waals surface area contributed by atoms with Crippen LogP contribution in [0.1, 0.15) is 197 Å². The van der Waals surface area contributed by atoms with Crippen molar-refractivity contribution in [2.24, 2.45) is 5.92 Å². The van der Waals surface area contributed by atoms with Gasteiger partial charge in [-0.3, -0.25) is 0 Å². The average molecular weight is 1230 g/mol. The minimum atomic E-state index is -0.0116. The van der Waals surface area contributed by atoms with Crippen molar-refractivity contribution < 1.29 is 0 Å². The molecule has 94 heavy (non-hydrogen) atoms. The van der Waals surface area contributed by atoms with Crippen LogP contribution in [-0.4, -0.2) is 0 Å². The van der Waals surface area contributed by atoms with Crippen LogP contribution in [-0.2, 0) is 10.8 Å². The molecule has 476 valence electrons. The fourth-order valence-corrected chi connectivity index (χ4v) is 17.5. The first-order valence-corrected chi connectivity index (χ1v) is 36.3. The van der Waals surface area contributed by atoms with Crippen LogP contribution in [0.4, 0.5) is 28.4 Å². The van der Waals surface area contributed by atoms with Crippen molar-refractivity contribution in [2.75, 3.05) is 9.80 Å². The molecule has 0 radical (unpaired) electrons. The number of hydrogen-bond donors (Lipinski definition) is 0. The zero-order valence-corrected chi connectivity index (χ0v) is 57.8. The Morgan fingerprint density at radius 1 is 0.426 bits per heavy atom. The summed E-state index contributed by atoms with van der Waals surface area (Å²) >= 11 is 0. The van der Waals surface area contributed by atoms with E-state index in [1.54, 1.807) is 11.1 Å². The molecule has 10 aromatic carbocycles. The smallest absolute Gasteiger partial charge is 0.0546 e. The van der Waals surface area contributed by atoms with Crippen molar-refractivity contribution in [3.8, 4) is 33.4 Å². The number of anilines is 5. The van der Waals surface area contributed by atoms with Gasteiger partial charge in [-0.15, -0.1) is 0 Å². The maximum absolute atomic E-state index is 2.64. The van der Waals surface area contributed by atoms with Crippen molar-refractivity contribution in [3.63, 3.8) is 0 Å².